The van der Waals surface area contributed by atoms with Crippen LogP contribution in [0.3, 0.4) is 0 Å². The molecule has 4 aromatic rings. The van der Waals surface area contributed by atoms with Crippen LogP contribution in [0.1, 0.15) is 12.6 Å². The minimum absolute atomic E-state index is 0.0456. The van der Waals surface area contributed by atoms with Crippen molar-refractivity contribution in [2.45, 2.75) is 23.9 Å². The van der Waals surface area contributed by atoms with Gasteiger partial charge in [-0.25, -0.2) is 21.8 Å². The summed E-state index contributed by atoms with van der Waals surface area (Å²) in [6.45, 7) is 3.11. The number of anilines is 4. The Balaban J connectivity index is 1.93. The Labute approximate surface area is 213 Å². The highest BCUT2D eigenvalue weighted by molar-refractivity contribution is 7.92. The fourth-order valence-corrected chi connectivity index (χ4v) is 5.06. The van der Waals surface area contributed by atoms with E-state index in [1.54, 1.807) is 43.3 Å². The van der Waals surface area contributed by atoms with Crippen molar-refractivity contribution in [2.24, 2.45) is 0 Å². The van der Waals surface area contributed by atoms with Gasteiger partial charge in [-0.1, -0.05) is 30.3 Å². The molecule has 1 amide bonds. The van der Waals surface area contributed by atoms with E-state index in [0.29, 0.717) is 16.9 Å². The molecule has 0 bridgehead atoms. The first-order valence-corrected chi connectivity index (χ1v) is 14.2. The number of aryl methyl sites for hydroxylation is 1. The molecule has 0 saturated carbocycles. The monoisotopic (exact) mass is 541 g/mol. The number of sulfone groups is 1. The van der Waals surface area contributed by atoms with Crippen LogP contribution in [0.2, 0.25) is 0 Å². The number of carbonyl (C=O) groups excluding carboxylic acids is 1. The number of sulfonamides is 1. The quantitative estimate of drug-likeness (QED) is 0.244. The highest BCUT2D eigenvalue weighted by Crippen LogP contribution is 2.36. The van der Waals surface area contributed by atoms with E-state index in [2.05, 4.69) is 35.5 Å². The van der Waals surface area contributed by atoms with E-state index in [4.69, 9.17) is 0 Å². The fourth-order valence-electron chi connectivity index (χ4n) is 3.37. The van der Waals surface area contributed by atoms with Crippen molar-refractivity contribution in [3.8, 4) is 11.3 Å². The summed E-state index contributed by atoms with van der Waals surface area (Å²) in [7, 11) is -8.08. The highest BCUT2D eigenvalue weighted by Gasteiger charge is 2.27. The molecule has 0 fully saturated rings. The zero-order chi connectivity index (χ0) is 26.8. The van der Waals surface area contributed by atoms with E-state index in [-0.39, 0.29) is 33.8 Å². The van der Waals surface area contributed by atoms with Crippen LogP contribution in [0.5, 0.6) is 0 Å². The molecular weight excluding hydrogens is 518 g/mol. The molecule has 0 aliphatic rings. The van der Waals surface area contributed by atoms with Crippen LogP contribution in [0, 0.1) is 6.92 Å². The van der Waals surface area contributed by atoms with E-state index in [9.17, 15) is 21.6 Å². The molecule has 14 heteroatoms. The van der Waals surface area contributed by atoms with Crippen molar-refractivity contribution in [2.75, 3.05) is 21.6 Å². The van der Waals surface area contributed by atoms with Gasteiger partial charge < -0.3 is 10.6 Å². The van der Waals surface area contributed by atoms with Crippen LogP contribution < -0.4 is 15.4 Å². The number of benzene rings is 2. The Kier molecular flexibility index (Phi) is 6.96. The number of aromatic nitrogens is 4. The molecule has 0 aliphatic heterocycles. The lowest BCUT2D eigenvalue weighted by Crippen LogP contribution is -2.17. The molecule has 0 saturated heterocycles. The number of nitrogens with one attached hydrogen (secondary N) is 4. The first-order valence-electron chi connectivity index (χ1n) is 10.8. The maximum absolute atomic E-state index is 13.6. The van der Waals surface area contributed by atoms with Gasteiger partial charge in [0.2, 0.25) is 25.8 Å². The van der Waals surface area contributed by atoms with E-state index >= 15 is 0 Å². The summed E-state index contributed by atoms with van der Waals surface area (Å²) in [6, 6.07) is 15.7. The Hall–Kier alpha value is -4.30. The molecule has 0 unspecified atom stereocenters. The van der Waals surface area contributed by atoms with E-state index < -0.39 is 25.0 Å². The van der Waals surface area contributed by atoms with Gasteiger partial charge >= 0.3 is 0 Å². The third kappa shape index (κ3) is 6.10. The molecule has 0 atom stereocenters. The largest absolute Gasteiger partial charge is 0.326 e. The van der Waals surface area contributed by atoms with Gasteiger partial charge in [0, 0.05) is 29.9 Å². The zero-order valence-electron chi connectivity index (χ0n) is 20.0. The average Bonchev–Trinajstić information content (AvgIpc) is 3.24. The topological polar surface area (TPSA) is 176 Å². The molecule has 2 aromatic heterocycles. The summed E-state index contributed by atoms with van der Waals surface area (Å²) < 4.78 is 54.0. The Morgan fingerprint density at radius 3 is 2.19 bits per heavy atom. The average molecular weight is 542 g/mol. The molecule has 4 rings (SSSR count). The van der Waals surface area contributed by atoms with Crippen LogP contribution >= 0.6 is 0 Å². The number of hydrogen-bond acceptors (Lipinski definition) is 9. The highest BCUT2D eigenvalue weighted by atomic mass is 32.2. The van der Waals surface area contributed by atoms with Crippen LogP contribution in [0.15, 0.2) is 70.7 Å². The summed E-state index contributed by atoms with van der Waals surface area (Å²) in [4.78, 5) is 19.7. The number of rotatable bonds is 8. The minimum atomic E-state index is -4.27. The molecule has 37 heavy (non-hydrogen) atoms. The molecule has 0 aliphatic carbocycles. The van der Waals surface area contributed by atoms with Gasteiger partial charge in [-0.3, -0.25) is 14.6 Å². The standard InChI is InChI=1S/C23H23N7O5S2/c1-14-13-19(29-28-14)25-22-21(30-36(3,32)33)20(16-7-5-4-6-8-16)26-23(27-22)37(34,35)18-11-9-17(10-12-18)24-15(2)31/h4-13,30H,1-3H3,(H,24,31)(H2,25,26,27,28,29). The van der Waals surface area contributed by atoms with Crippen molar-refractivity contribution in [3.63, 3.8) is 0 Å². The normalized spacial score (nSPS) is 11.6. The van der Waals surface area contributed by atoms with Crippen molar-refractivity contribution < 1.29 is 21.6 Å². The Morgan fingerprint density at radius 2 is 1.62 bits per heavy atom. The van der Waals surface area contributed by atoms with Crippen LogP contribution in [0.25, 0.3) is 11.3 Å². The zero-order valence-corrected chi connectivity index (χ0v) is 21.6. The third-order valence-corrected chi connectivity index (χ3v) is 7.03. The van der Waals surface area contributed by atoms with Gasteiger partial charge in [0.05, 0.1) is 11.2 Å². The first kappa shape index (κ1) is 25.8. The second kappa shape index (κ2) is 9.99. The van der Waals surface area contributed by atoms with Gasteiger partial charge in [0.25, 0.3) is 5.16 Å². The predicted octanol–water partition coefficient (Wildman–Crippen LogP) is 3.08. The van der Waals surface area contributed by atoms with Crippen molar-refractivity contribution in [3.05, 3.63) is 66.4 Å². The van der Waals surface area contributed by atoms with Crippen LogP contribution in [0.4, 0.5) is 23.0 Å². The lowest BCUT2D eigenvalue weighted by Gasteiger charge is -2.17. The maximum atomic E-state index is 13.6. The number of hydrogen-bond donors (Lipinski definition) is 4. The summed E-state index contributed by atoms with van der Waals surface area (Å²) >= 11 is 0. The van der Waals surface area contributed by atoms with Gasteiger partial charge in [0.1, 0.15) is 11.4 Å². The molecule has 0 radical (unpaired) electrons. The van der Waals surface area contributed by atoms with Crippen LogP contribution in [-0.4, -0.2) is 49.2 Å². The van der Waals surface area contributed by atoms with E-state index in [1.165, 1.54) is 31.2 Å². The van der Waals surface area contributed by atoms with Crippen LogP contribution in [-0.2, 0) is 24.7 Å². The van der Waals surface area contributed by atoms with Crippen molar-refractivity contribution in [1.29, 1.82) is 0 Å². The fraction of sp³-hybridized carbons (Fsp3) is 0.130. The third-order valence-electron chi connectivity index (χ3n) is 4.90. The molecular formula is C23H23N7O5S2. The smallest absolute Gasteiger partial charge is 0.254 e. The van der Waals surface area contributed by atoms with Gasteiger partial charge in [-0.2, -0.15) is 10.1 Å². The first-order chi connectivity index (χ1) is 17.4. The van der Waals surface area contributed by atoms with Gasteiger partial charge in [0.15, 0.2) is 11.6 Å². The maximum Gasteiger partial charge on any atom is 0.254 e. The summed E-state index contributed by atoms with van der Waals surface area (Å²) in [5.74, 6) is -0.126. The summed E-state index contributed by atoms with van der Waals surface area (Å²) in [6.07, 6.45) is 0.964. The molecule has 4 N–H and O–H groups in total. The number of nitrogens with zero attached hydrogens (tertiary/aromatic N) is 3. The molecule has 12 nitrogen and oxygen atoms in total. The lowest BCUT2D eigenvalue weighted by atomic mass is 10.1. The Bertz CT molecular complexity index is 1670. The lowest BCUT2D eigenvalue weighted by molar-refractivity contribution is -0.114. The molecule has 2 aromatic carbocycles. The SMILES string of the molecule is CC(=O)Nc1ccc(S(=O)(=O)c2nc(Nc3cc(C)[nH]n3)c(NS(C)(=O)=O)c(-c3ccccc3)n2)cc1. The second-order valence-electron chi connectivity index (χ2n) is 8.09. The van der Waals surface area contributed by atoms with Gasteiger partial charge in [-0.05, 0) is 31.2 Å². The number of amides is 1. The Morgan fingerprint density at radius 1 is 0.946 bits per heavy atom. The number of carbonyl (C=O) groups is 1. The number of H-pyrrole nitrogens is 1. The van der Waals surface area contributed by atoms with E-state index in [1.807, 2.05) is 0 Å². The minimum Gasteiger partial charge on any atom is -0.326 e. The van der Waals surface area contributed by atoms with Crippen molar-refractivity contribution in [1.82, 2.24) is 20.2 Å². The number of aromatic amines is 1. The second-order valence-corrected chi connectivity index (χ2v) is 11.7. The molecule has 192 valence electrons. The summed E-state index contributed by atoms with van der Waals surface area (Å²) in [5, 5.41) is 11.7. The molecule has 2 heterocycles. The predicted molar refractivity (Wildman–Crippen MR) is 139 cm³/mol. The summed E-state index contributed by atoms with van der Waals surface area (Å²) in [5.41, 5.74) is 1.58. The van der Waals surface area contributed by atoms with E-state index in [0.717, 1.165) is 6.26 Å². The van der Waals surface area contributed by atoms with Gasteiger partial charge in [-0.15, -0.1) is 0 Å². The molecule has 0 spiro atoms. The van der Waals surface area contributed by atoms with Crippen molar-refractivity contribution >= 4 is 48.8 Å².